The summed E-state index contributed by atoms with van der Waals surface area (Å²) in [6.07, 6.45) is 1.74. The molecular weight excluding hydrogens is 316 g/mol. The van der Waals surface area contributed by atoms with Crippen LogP contribution in [0.15, 0.2) is 46.7 Å². The van der Waals surface area contributed by atoms with Crippen molar-refractivity contribution in [3.05, 3.63) is 62.7 Å². The van der Waals surface area contributed by atoms with Crippen molar-refractivity contribution in [3.8, 4) is 6.07 Å². The molecule has 1 fully saturated rings. The smallest absolute Gasteiger partial charge is 0.268 e. The molecule has 1 aliphatic heterocycles. The van der Waals surface area contributed by atoms with E-state index in [0.717, 1.165) is 22.2 Å². The summed E-state index contributed by atoms with van der Waals surface area (Å²) in [6, 6.07) is 12.7. The first-order valence-electron chi connectivity index (χ1n) is 6.45. The number of carbonyl (C=O) groups is 2. The number of hydrogen-bond acceptors (Lipinski definition) is 5. The van der Waals surface area contributed by atoms with Gasteiger partial charge in [0.05, 0.1) is 23.1 Å². The number of thiophene rings is 1. The van der Waals surface area contributed by atoms with Crippen LogP contribution in [0.4, 0.5) is 4.79 Å². The molecule has 2 aromatic rings. The Balaban J connectivity index is 1.78. The third kappa shape index (κ3) is 2.96. The average molecular weight is 326 g/mol. The Labute approximate surface area is 135 Å². The number of hydrogen-bond donors (Lipinski definition) is 0. The van der Waals surface area contributed by atoms with Crippen LogP contribution < -0.4 is 0 Å². The summed E-state index contributed by atoms with van der Waals surface area (Å²) in [5.41, 5.74) is 1.37. The van der Waals surface area contributed by atoms with Gasteiger partial charge in [-0.15, -0.1) is 11.3 Å². The number of imide groups is 1. The molecule has 1 aromatic heterocycles. The molecular formula is C16H10N2O2S2. The van der Waals surface area contributed by atoms with Crippen LogP contribution in [0.1, 0.15) is 16.0 Å². The van der Waals surface area contributed by atoms with Crippen molar-refractivity contribution in [2.24, 2.45) is 0 Å². The van der Waals surface area contributed by atoms with Crippen molar-refractivity contribution in [2.75, 3.05) is 0 Å². The second-order valence-corrected chi connectivity index (χ2v) is 6.56. The van der Waals surface area contributed by atoms with Crippen molar-refractivity contribution in [2.45, 2.75) is 6.54 Å². The van der Waals surface area contributed by atoms with E-state index >= 15 is 0 Å². The van der Waals surface area contributed by atoms with Crippen LogP contribution in [0, 0.1) is 11.3 Å². The fourth-order valence-corrected chi connectivity index (χ4v) is 3.57. The van der Waals surface area contributed by atoms with E-state index < -0.39 is 0 Å². The molecule has 1 aromatic carbocycles. The summed E-state index contributed by atoms with van der Waals surface area (Å²) in [5.74, 6) is -0.271. The lowest BCUT2D eigenvalue weighted by Gasteiger charge is -2.12. The number of carbonyl (C=O) groups excluding carboxylic acids is 2. The number of nitriles is 1. The number of thioether (sulfide) groups is 1. The predicted molar refractivity (Wildman–Crippen MR) is 87.0 cm³/mol. The van der Waals surface area contributed by atoms with Crippen LogP contribution in [-0.2, 0) is 11.3 Å². The Morgan fingerprint density at radius 1 is 1.18 bits per heavy atom. The van der Waals surface area contributed by atoms with Crippen molar-refractivity contribution < 1.29 is 9.59 Å². The monoisotopic (exact) mass is 326 g/mol. The van der Waals surface area contributed by atoms with E-state index in [2.05, 4.69) is 0 Å². The Kier molecular flexibility index (Phi) is 4.09. The standard InChI is InChI=1S/C16H10N2O2S2/c17-9-11-3-5-12(6-4-11)10-18-15(19)14(22-16(18)20)8-13-2-1-7-21-13/h1-8H,10H2/b14-8-. The highest BCUT2D eigenvalue weighted by Crippen LogP contribution is 2.33. The summed E-state index contributed by atoms with van der Waals surface area (Å²) in [6.45, 7) is 0.220. The average Bonchev–Trinajstić information content (AvgIpc) is 3.12. The minimum atomic E-state index is -0.271. The van der Waals surface area contributed by atoms with Gasteiger partial charge >= 0.3 is 0 Å². The van der Waals surface area contributed by atoms with Crippen LogP contribution in [0.25, 0.3) is 6.08 Å². The molecule has 108 valence electrons. The summed E-state index contributed by atoms with van der Waals surface area (Å²) in [5, 5.41) is 10.4. The molecule has 1 aliphatic rings. The molecule has 6 heteroatoms. The predicted octanol–water partition coefficient (Wildman–Crippen LogP) is 3.86. The van der Waals surface area contributed by atoms with E-state index in [1.54, 1.807) is 30.3 Å². The number of benzene rings is 1. The third-order valence-electron chi connectivity index (χ3n) is 3.11. The highest BCUT2D eigenvalue weighted by atomic mass is 32.2. The van der Waals surface area contributed by atoms with Crippen molar-refractivity contribution in [1.29, 1.82) is 5.26 Å². The lowest BCUT2D eigenvalue weighted by molar-refractivity contribution is -0.123. The quantitative estimate of drug-likeness (QED) is 0.804. The SMILES string of the molecule is N#Cc1ccc(CN2C(=O)S/C(=C\c3cccs3)C2=O)cc1. The molecule has 0 aliphatic carbocycles. The molecule has 3 rings (SSSR count). The molecule has 0 atom stereocenters. The topological polar surface area (TPSA) is 61.2 Å². The van der Waals surface area contributed by atoms with Crippen LogP contribution >= 0.6 is 23.1 Å². The molecule has 0 spiro atoms. The van der Waals surface area contributed by atoms with Crippen molar-refractivity contribution in [1.82, 2.24) is 4.90 Å². The van der Waals surface area contributed by atoms with E-state index in [9.17, 15) is 9.59 Å². The third-order valence-corrected chi connectivity index (χ3v) is 4.84. The lowest BCUT2D eigenvalue weighted by atomic mass is 10.1. The van der Waals surface area contributed by atoms with Crippen LogP contribution in [0.3, 0.4) is 0 Å². The lowest BCUT2D eigenvalue weighted by Crippen LogP contribution is -2.27. The Morgan fingerprint density at radius 3 is 2.59 bits per heavy atom. The van der Waals surface area contributed by atoms with Crippen LogP contribution in [0.5, 0.6) is 0 Å². The van der Waals surface area contributed by atoms with Gasteiger partial charge in [-0.2, -0.15) is 5.26 Å². The maximum Gasteiger partial charge on any atom is 0.293 e. The molecule has 2 heterocycles. The molecule has 0 N–H and O–H groups in total. The van der Waals surface area contributed by atoms with Gasteiger partial charge in [-0.1, -0.05) is 18.2 Å². The fraction of sp³-hybridized carbons (Fsp3) is 0.0625. The zero-order valence-corrected chi connectivity index (χ0v) is 13.0. The van der Waals surface area contributed by atoms with Gasteiger partial charge < -0.3 is 0 Å². The first kappa shape index (κ1) is 14.6. The summed E-state index contributed by atoms with van der Waals surface area (Å²) < 4.78 is 0. The zero-order valence-electron chi connectivity index (χ0n) is 11.4. The van der Waals surface area contributed by atoms with Crippen LogP contribution in [0.2, 0.25) is 0 Å². The second-order valence-electron chi connectivity index (χ2n) is 4.59. The second kappa shape index (κ2) is 6.18. The van der Waals surface area contributed by atoms with E-state index in [0.29, 0.717) is 10.5 Å². The van der Waals surface area contributed by atoms with Crippen LogP contribution in [-0.4, -0.2) is 16.0 Å². The zero-order chi connectivity index (χ0) is 15.5. The van der Waals surface area contributed by atoms with Gasteiger partial charge in [-0.25, -0.2) is 0 Å². The summed E-state index contributed by atoms with van der Waals surface area (Å²) >= 11 is 2.48. The highest BCUT2D eigenvalue weighted by Gasteiger charge is 2.34. The normalized spacial score (nSPS) is 16.3. The number of nitrogens with zero attached hydrogens (tertiary/aromatic N) is 2. The van der Waals surface area contributed by atoms with Crippen molar-refractivity contribution in [3.63, 3.8) is 0 Å². The molecule has 0 radical (unpaired) electrons. The van der Waals surface area contributed by atoms with E-state index in [-0.39, 0.29) is 17.7 Å². The summed E-state index contributed by atoms with van der Waals surface area (Å²) in [7, 11) is 0. The molecule has 2 amide bonds. The van der Waals surface area contributed by atoms with Gasteiger partial charge in [0.25, 0.3) is 11.1 Å². The van der Waals surface area contributed by atoms with Gasteiger partial charge in [0, 0.05) is 4.88 Å². The largest absolute Gasteiger partial charge is 0.293 e. The first-order valence-corrected chi connectivity index (χ1v) is 8.15. The molecule has 0 unspecified atom stereocenters. The molecule has 0 bridgehead atoms. The maximum atomic E-state index is 12.3. The molecule has 4 nitrogen and oxygen atoms in total. The molecule has 1 saturated heterocycles. The molecule has 22 heavy (non-hydrogen) atoms. The van der Waals surface area contributed by atoms with Gasteiger partial charge in [0.15, 0.2) is 0 Å². The Bertz CT molecular complexity index is 787. The Hall–Kier alpha value is -2.36. The van der Waals surface area contributed by atoms with E-state index in [4.69, 9.17) is 5.26 Å². The van der Waals surface area contributed by atoms with Gasteiger partial charge in [0.1, 0.15) is 0 Å². The molecule has 0 saturated carbocycles. The van der Waals surface area contributed by atoms with E-state index in [1.807, 2.05) is 23.6 Å². The number of rotatable bonds is 3. The van der Waals surface area contributed by atoms with Gasteiger partial charge in [-0.05, 0) is 47.0 Å². The van der Waals surface area contributed by atoms with Gasteiger partial charge in [-0.3, -0.25) is 14.5 Å². The highest BCUT2D eigenvalue weighted by molar-refractivity contribution is 8.18. The Morgan fingerprint density at radius 2 is 1.95 bits per heavy atom. The maximum absolute atomic E-state index is 12.3. The minimum absolute atomic E-state index is 0.220. The van der Waals surface area contributed by atoms with E-state index in [1.165, 1.54) is 16.2 Å². The minimum Gasteiger partial charge on any atom is -0.268 e. The van der Waals surface area contributed by atoms with Gasteiger partial charge in [0.2, 0.25) is 0 Å². The fourth-order valence-electron chi connectivity index (χ4n) is 2.01. The van der Waals surface area contributed by atoms with Crippen molar-refractivity contribution >= 4 is 40.3 Å². The summed E-state index contributed by atoms with van der Waals surface area (Å²) in [4.78, 5) is 27.0. The number of amides is 2. The first-order chi connectivity index (χ1) is 10.7.